The van der Waals surface area contributed by atoms with Gasteiger partial charge in [-0.15, -0.1) is 0 Å². The zero-order valence-electron chi connectivity index (χ0n) is 16.4. The highest BCUT2D eigenvalue weighted by Gasteiger charge is 2.11. The summed E-state index contributed by atoms with van der Waals surface area (Å²) in [5.74, 6) is 0.760. The van der Waals surface area contributed by atoms with Crippen molar-refractivity contribution in [3.05, 3.63) is 59.7 Å². The lowest BCUT2D eigenvalue weighted by atomic mass is 10.1. The number of nitrogens with one attached hydrogen (secondary N) is 2. The Morgan fingerprint density at radius 2 is 1.89 bits per heavy atom. The highest BCUT2D eigenvalue weighted by Crippen LogP contribution is 2.17. The van der Waals surface area contributed by atoms with E-state index < -0.39 is 0 Å². The van der Waals surface area contributed by atoms with E-state index in [2.05, 4.69) is 34.6 Å². The predicted octanol–water partition coefficient (Wildman–Crippen LogP) is 3.63. The number of urea groups is 1. The number of carbonyl (C=O) groups excluding carboxylic acids is 1. The topological polar surface area (TPSA) is 62.8 Å². The molecule has 2 N–H and O–H groups in total. The molecule has 0 spiro atoms. The Morgan fingerprint density at radius 3 is 2.71 bits per heavy atom. The van der Waals surface area contributed by atoms with Gasteiger partial charge in [-0.05, 0) is 29.7 Å². The van der Waals surface area contributed by atoms with Crippen LogP contribution < -0.4 is 15.4 Å². The second-order valence-electron chi connectivity index (χ2n) is 6.89. The van der Waals surface area contributed by atoms with E-state index in [1.165, 1.54) is 5.56 Å². The molecule has 28 heavy (non-hydrogen) atoms. The Labute approximate surface area is 166 Å². The molecular formula is C22H29N3O3. The molecule has 0 atom stereocenters. The van der Waals surface area contributed by atoms with Gasteiger partial charge in [-0.1, -0.05) is 37.3 Å². The molecule has 0 aromatic heterocycles. The van der Waals surface area contributed by atoms with E-state index in [9.17, 15) is 4.79 Å². The molecule has 2 amide bonds. The molecule has 0 radical (unpaired) electrons. The summed E-state index contributed by atoms with van der Waals surface area (Å²) in [6.45, 7) is 7.64. The average Bonchev–Trinajstić information content (AvgIpc) is 2.72. The zero-order chi connectivity index (χ0) is 19.6. The Hall–Kier alpha value is -2.57. The smallest absolute Gasteiger partial charge is 0.319 e. The minimum Gasteiger partial charge on any atom is -0.494 e. The van der Waals surface area contributed by atoms with Crippen molar-refractivity contribution >= 4 is 11.7 Å². The third kappa shape index (κ3) is 6.55. The Balaban J connectivity index is 1.48. The van der Waals surface area contributed by atoms with Crippen LogP contribution in [0.4, 0.5) is 10.5 Å². The zero-order valence-corrected chi connectivity index (χ0v) is 16.4. The lowest BCUT2D eigenvalue weighted by Crippen LogP contribution is -2.35. The van der Waals surface area contributed by atoms with Crippen LogP contribution in [-0.2, 0) is 17.8 Å². The monoisotopic (exact) mass is 383 g/mol. The molecule has 1 fully saturated rings. The third-order valence-corrected chi connectivity index (χ3v) is 4.52. The van der Waals surface area contributed by atoms with E-state index in [4.69, 9.17) is 9.47 Å². The van der Waals surface area contributed by atoms with Gasteiger partial charge in [0.15, 0.2) is 0 Å². The van der Waals surface area contributed by atoms with E-state index in [0.29, 0.717) is 18.8 Å². The first-order valence-electron chi connectivity index (χ1n) is 9.88. The van der Waals surface area contributed by atoms with Crippen LogP contribution >= 0.6 is 0 Å². The number of rotatable bonds is 8. The van der Waals surface area contributed by atoms with Crippen LogP contribution in [-0.4, -0.2) is 43.8 Å². The number of hydrogen-bond acceptors (Lipinski definition) is 4. The van der Waals surface area contributed by atoms with E-state index >= 15 is 0 Å². The van der Waals surface area contributed by atoms with Crippen molar-refractivity contribution in [1.29, 1.82) is 0 Å². The second kappa shape index (κ2) is 10.7. The van der Waals surface area contributed by atoms with E-state index in [1.807, 2.05) is 36.4 Å². The first-order valence-corrected chi connectivity index (χ1v) is 9.88. The minimum absolute atomic E-state index is 0.230. The summed E-state index contributed by atoms with van der Waals surface area (Å²) in [5.41, 5.74) is 3.05. The first-order chi connectivity index (χ1) is 13.7. The summed E-state index contributed by atoms with van der Waals surface area (Å²) in [7, 11) is 0. The molecule has 1 aliphatic rings. The highest BCUT2D eigenvalue weighted by molar-refractivity contribution is 5.89. The van der Waals surface area contributed by atoms with Gasteiger partial charge in [0, 0.05) is 37.9 Å². The maximum atomic E-state index is 12.2. The van der Waals surface area contributed by atoms with Gasteiger partial charge >= 0.3 is 6.03 Å². The van der Waals surface area contributed by atoms with Crippen molar-refractivity contribution in [2.45, 2.75) is 26.4 Å². The fourth-order valence-corrected chi connectivity index (χ4v) is 3.10. The summed E-state index contributed by atoms with van der Waals surface area (Å²) in [4.78, 5) is 14.6. The molecular weight excluding hydrogens is 354 g/mol. The van der Waals surface area contributed by atoms with Crippen LogP contribution in [0.5, 0.6) is 5.75 Å². The fourth-order valence-electron chi connectivity index (χ4n) is 3.10. The van der Waals surface area contributed by atoms with Gasteiger partial charge in [0.25, 0.3) is 0 Å². The molecule has 150 valence electrons. The molecule has 0 unspecified atom stereocenters. The minimum atomic E-state index is -0.230. The number of morpholine rings is 1. The first kappa shape index (κ1) is 20.2. The number of anilines is 1. The van der Waals surface area contributed by atoms with Crippen LogP contribution in [0.1, 0.15) is 24.5 Å². The number of nitrogens with zero attached hydrogens (tertiary/aromatic N) is 1. The predicted molar refractivity (Wildman–Crippen MR) is 111 cm³/mol. The van der Waals surface area contributed by atoms with E-state index in [1.54, 1.807) is 0 Å². The van der Waals surface area contributed by atoms with Crippen LogP contribution in [0.2, 0.25) is 0 Å². The lowest BCUT2D eigenvalue weighted by molar-refractivity contribution is 0.0342. The summed E-state index contributed by atoms with van der Waals surface area (Å²) < 4.78 is 11.0. The van der Waals surface area contributed by atoms with Gasteiger partial charge in [-0.3, -0.25) is 4.90 Å². The summed E-state index contributed by atoms with van der Waals surface area (Å²) in [6.07, 6.45) is 0.947. The average molecular weight is 383 g/mol. The van der Waals surface area contributed by atoms with Crippen LogP contribution in [0.3, 0.4) is 0 Å². The highest BCUT2D eigenvalue weighted by atomic mass is 16.5. The SMILES string of the molecule is CCCOc1cccc(NC(=O)NCc2cccc(CN3CCOCC3)c2)c1. The number of hydrogen-bond donors (Lipinski definition) is 2. The molecule has 2 aromatic rings. The molecule has 0 aliphatic carbocycles. The van der Waals surface area contributed by atoms with Crippen LogP contribution in [0.25, 0.3) is 0 Å². The maximum absolute atomic E-state index is 12.2. The molecule has 6 heteroatoms. The van der Waals surface area contributed by atoms with Gasteiger partial charge in [0.2, 0.25) is 0 Å². The summed E-state index contributed by atoms with van der Waals surface area (Å²) in [5, 5.41) is 5.77. The number of benzene rings is 2. The second-order valence-corrected chi connectivity index (χ2v) is 6.89. The normalized spacial score (nSPS) is 14.5. The number of ether oxygens (including phenoxy) is 2. The number of amides is 2. The van der Waals surface area contributed by atoms with Crippen LogP contribution in [0, 0.1) is 0 Å². The van der Waals surface area contributed by atoms with Gasteiger partial charge in [0.05, 0.1) is 19.8 Å². The summed E-state index contributed by atoms with van der Waals surface area (Å²) >= 11 is 0. The standard InChI is InChI=1S/C22H29N3O3/c1-2-11-28-21-8-4-7-20(15-21)24-22(26)23-16-18-5-3-6-19(14-18)17-25-9-12-27-13-10-25/h3-8,14-15H,2,9-13,16-17H2,1H3,(H2,23,24,26). The van der Waals surface area contributed by atoms with Crippen molar-refractivity contribution in [3.63, 3.8) is 0 Å². The molecule has 0 saturated carbocycles. The summed E-state index contributed by atoms with van der Waals surface area (Å²) in [6, 6.07) is 15.6. The molecule has 2 aromatic carbocycles. The number of carbonyl (C=O) groups is 1. The van der Waals surface area contributed by atoms with Crippen molar-refractivity contribution in [1.82, 2.24) is 10.2 Å². The van der Waals surface area contributed by atoms with Gasteiger partial charge in [-0.25, -0.2) is 4.79 Å². The van der Waals surface area contributed by atoms with Crippen molar-refractivity contribution < 1.29 is 14.3 Å². The molecule has 0 bridgehead atoms. The largest absolute Gasteiger partial charge is 0.494 e. The lowest BCUT2D eigenvalue weighted by Gasteiger charge is -2.26. The fraction of sp³-hybridized carbons (Fsp3) is 0.409. The molecule has 1 saturated heterocycles. The molecule has 6 nitrogen and oxygen atoms in total. The molecule has 3 rings (SSSR count). The Morgan fingerprint density at radius 1 is 1.11 bits per heavy atom. The Bertz CT molecular complexity index is 760. The van der Waals surface area contributed by atoms with Crippen molar-refractivity contribution in [3.8, 4) is 5.75 Å². The van der Waals surface area contributed by atoms with Crippen molar-refractivity contribution in [2.75, 3.05) is 38.2 Å². The van der Waals surface area contributed by atoms with E-state index in [-0.39, 0.29) is 6.03 Å². The maximum Gasteiger partial charge on any atom is 0.319 e. The third-order valence-electron chi connectivity index (χ3n) is 4.52. The van der Waals surface area contributed by atoms with Gasteiger partial charge in [-0.2, -0.15) is 0 Å². The van der Waals surface area contributed by atoms with Gasteiger partial charge < -0.3 is 20.1 Å². The quantitative estimate of drug-likeness (QED) is 0.731. The Kier molecular flexibility index (Phi) is 7.70. The van der Waals surface area contributed by atoms with E-state index in [0.717, 1.165) is 50.6 Å². The molecule has 1 aliphatic heterocycles. The molecule has 1 heterocycles. The van der Waals surface area contributed by atoms with Crippen molar-refractivity contribution in [2.24, 2.45) is 0 Å². The van der Waals surface area contributed by atoms with Crippen LogP contribution in [0.15, 0.2) is 48.5 Å². The van der Waals surface area contributed by atoms with Gasteiger partial charge in [0.1, 0.15) is 5.75 Å².